The molecule has 0 spiro atoms. The fourth-order valence-electron chi connectivity index (χ4n) is 2.21. The summed E-state index contributed by atoms with van der Waals surface area (Å²) in [7, 11) is 0. The number of thiophene rings is 1. The molecule has 1 aromatic heterocycles. The first kappa shape index (κ1) is 15.1. The number of hydrogen-bond donors (Lipinski definition) is 2. The van der Waals surface area contributed by atoms with Crippen molar-refractivity contribution in [1.82, 2.24) is 5.32 Å². The van der Waals surface area contributed by atoms with Gasteiger partial charge in [-0.1, -0.05) is 6.92 Å². The van der Waals surface area contributed by atoms with E-state index in [0.29, 0.717) is 22.7 Å². The van der Waals surface area contributed by atoms with E-state index in [4.69, 9.17) is 10.5 Å². The van der Waals surface area contributed by atoms with Crippen LogP contribution in [0, 0.1) is 0 Å². The van der Waals surface area contributed by atoms with Gasteiger partial charge in [0, 0.05) is 32.6 Å². The quantitative estimate of drug-likeness (QED) is 0.815. The highest BCUT2D eigenvalue weighted by atomic mass is 32.1. The van der Waals surface area contributed by atoms with Crippen molar-refractivity contribution in [2.75, 3.05) is 36.8 Å². The summed E-state index contributed by atoms with van der Waals surface area (Å²) in [6.45, 7) is 9.50. The van der Waals surface area contributed by atoms with Gasteiger partial charge in [-0.3, -0.25) is 4.79 Å². The topological polar surface area (TPSA) is 67.6 Å². The number of ether oxygens (including phenoxy) is 1. The van der Waals surface area contributed by atoms with E-state index in [-0.39, 0.29) is 11.9 Å². The van der Waals surface area contributed by atoms with Gasteiger partial charge in [-0.15, -0.1) is 11.3 Å². The number of anilines is 2. The lowest BCUT2D eigenvalue weighted by Crippen LogP contribution is -2.43. The van der Waals surface area contributed by atoms with Crippen molar-refractivity contribution in [1.29, 1.82) is 0 Å². The highest BCUT2D eigenvalue weighted by Crippen LogP contribution is 2.45. The van der Waals surface area contributed by atoms with Crippen LogP contribution in [0.1, 0.15) is 36.9 Å². The SMILES string of the molecule is CCC(=O)c1sc(N2CCNCC2)c(OC(C)C)c1N. The summed E-state index contributed by atoms with van der Waals surface area (Å²) >= 11 is 1.47. The molecule has 0 aliphatic carbocycles. The third-order valence-electron chi connectivity index (χ3n) is 3.21. The fraction of sp³-hybridized carbons (Fsp3) is 0.643. The molecule has 0 radical (unpaired) electrons. The van der Waals surface area contributed by atoms with E-state index in [2.05, 4.69) is 10.2 Å². The molecule has 1 aliphatic heterocycles. The first-order valence-corrected chi connectivity index (χ1v) is 7.94. The van der Waals surface area contributed by atoms with Crippen molar-refractivity contribution in [3.05, 3.63) is 4.88 Å². The van der Waals surface area contributed by atoms with Gasteiger partial charge in [-0.2, -0.15) is 0 Å². The molecule has 1 aliphatic rings. The predicted octanol–water partition coefficient (Wildman–Crippen LogP) is 2.12. The second-order valence-corrected chi connectivity index (χ2v) is 6.16. The lowest BCUT2D eigenvalue weighted by molar-refractivity contribution is 0.0992. The van der Waals surface area contributed by atoms with Crippen molar-refractivity contribution in [2.24, 2.45) is 0 Å². The standard InChI is InChI=1S/C14H23N3O2S/c1-4-10(18)13-11(15)12(19-9(2)3)14(20-13)17-7-5-16-6-8-17/h9,16H,4-8,15H2,1-3H3. The van der Waals surface area contributed by atoms with E-state index in [1.54, 1.807) is 0 Å². The molecule has 1 saturated heterocycles. The molecule has 0 amide bonds. The van der Waals surface area contributed by atoms with Gasteiger partial charge in [0.15, 0.2) is 11.5 Å². The van der Waals surface area contributed by atoms with Gasteiger partial charge in [0.1, 0.15) is 5.00 Å². The van der Waals surface area contributed by atoms with Crippen LogP contribution in [0.2, 0.25) is 0 Å². The van der Waals surface area contributed by atoms with Gasteiger partial charge in [0.25, 0.3) is 0 Å². The maximum atomic E-state index is 12.0. The molecule has 3 N–H and O–H groups in total. The van der Waals surface area contributed by atoms with E-state index >= 15 is 0 Å². The number of nitrogens with zero attached hydrogens (tertiary/aromatic N) is 1. The number of nitrogen functional groups attached to an aromatic ring is 1. The minimum atomic E-state index is 0.0399. The third kappa shape index (κ3) is 3.07. The Morgan fingerprint density at radius 2 is 2.10 bits per heavy atom. The monoisotopic (exact) mass is 297 g/mol. The molecule has 5 nitrogen and oxygen atoms in total. The zero-order valence-corrected chi connectivity index (χ0v) is 13.2. The molecular formula is C14H23N3O2S. The Hall–Kier alpha value is -1.27. The van der Waals surface area contributed by atoms with Gasteiger partial charge in [-0.05, 0) is 13.8 Å². The van der Waals surface area contributed by atoms with Crippen LogP contribution in [0.3, 0.4) is 0 Å². The Labute approximate surface area is 124 Å². The molecule has 6 heteroatoms. The minimum Gasteiger partial charge on any atom is -0.486 e. The maximum Gasteiger partial charge on any atom is 0.177 e. The summed E-state index contributed by atoms with van der Waals surface area (Å²) in [6, 6.07) is 0. The molecule has 2 rings (SSSR count). The van der Waals surface area contributed by atoms with Crippen LogP contribution in [0.25, 0.3) is 0 Å². The third-order valence-corrected chi connectivity index (χ3v) is 4.50. The average Bonchev–Trinajstić information content (AvgIpc) is 2.76. The van der Waals surface area contributed by atoms with Crippen LogP contribution >= 0.6 is 11.3 Å². The average molecular weight is 297 g/mol. The van der Waals surface area contributed by atoms with Gasteiger partial charge in [0.2, 0.25) is 0 Å². The van der Waals surface area contributed by atoms with E-state index in [1.807, 2.05) is 20.8 Å². The van der Waals surface area contributed by atoms with Crippen LogP contribution in [0.5, 0.6) is 5.75 Å². The van der Waals surface area contributed by atoms with Gasteiger partial charge in [-0.25, -0.2) is 0 Å². The summed E-state index contributed by atoms with van der Waals surface area (Å²) in [5.41, 5.74) is 6.66. The molecule has 1 fully saturated rings. The zero-order valence-electron chi connectivity index (χ0n) is 12.4. The Morgan fingerprint density at radius 1 is 1.45 bits per heavy atom. The lowest BCUT2D eigenvalue weighted by atomic mass is 10.2. The number of carbonyl (C=O) groups excluding carboxylic acids is 1. The first-order valence-electron chi connectivity index (χ1n) is 7.12. The van der Waals surface area contributed by atoms with Gasteiger partial charge >= 0.3 is 0 Å². The molecule has 20 heavy (non-hydrogen) atoms. The van der Waals surface area contributed by atoms with E-state index in [0.717, 1.165) is 31.2 Å². The Kier molecular flexibility index (Phi) is 4.88. The molecule has 2 heterocycles. The van der Waals surface area contributed by atoms with Crippen molar-refractivity contribution in [2.45, 2.75) is 33.3 Å². The highest BCUT2D eigenvalue weighted by molar-refractivity contribution is 7.19. The molecule has 112 valence electrons. The van der Waals surface area contributed by atoms with Crippen LogP contribution in [0.4, 0.5) is 10.7 Å². The molecule has 0 bridgehead atoms. The predicted molar refractivity (Wildman–Crippen MR) is 84.2 cm³/mol. The molecular weight excluding hydrogens is 274 g/mol. The van der Waals surface area contributed by atoms with Crippen LogP contribution < -0.4 is 20.7 Å². The number of hydrogen-bond acceptors (Lipinski definition) is 6. The molecule has 0 unspecified atom stereocenters. The number of rotatable bonds is 5. The molecule has 0 atom stereocenters. The van der Waals surface area contributed by atoms with E-state index < -0.39 is 0 Å². The molecule has 1 aromatic rings. The Morgan fingerprint density at radius 3 is 2.65 bits per heavy atom. The summed E-state index contributed by atoms with van der Waals surface area (Å²) < 4.78 is 5.88. The van der Waals surface area contributed by atoms with Crippen molar-refractivity contribution >= 4 is 27.8 Å². The summed E-state index contributed by atoms with van der Waals surface area (Å²) in [5.74, 6) is 0.770. The largest absolute Gasteiger partial charge is 0.486 e. The second kappa shape index (κ2) is 6.45. The molecule has 0 aromatic carbocycles. The van der Waals surface area contributed by atoms with Gasteiger partial charge in [0.05, 0.1) is 16.7 Å². The Bertz CT molecular complexity index is 479. The second-order valence-electron chi connectivity index (χ2n) is 5.16. The van der Waals surface area contributed by atoms with E-state index in [1.165, 1.54) is 11.3 Å². The maximum absolute atomic E-state index is 12.0. The summed E-state index contributed by atoms with van der Waals surface area (Å²) in [5, 5.41) is 4.32. The van der Waals surface area contributed by atoms with Crippen molar-refractivity contribution in [3.8, 4) is 5.75 Å². The van der Waals surface area contributed by atoms with Crippen molar-refractivity contribution < 1.29 is 9.53 Å². The number of Topliss-reactive ketones (excluding diaryl/α,β-unsaturated/α-hetero) is 1. The summed E-state index contributed by atoms with van der Waals surface area (Å²) in [4.78, 5) is 14.9. The van der Waals surface area contributed by atoms with Crippen molar-refractivity contribution in [3.63, 3.8) is 0 Å². The number of nitrogens with one attached hydrogen (secondary N) is 1. The number of nitrogens with two attached hydrogens (primary N) is 1. The van der Waals surface area contributed by atoms with Gasteiger partial charge < -0.3 is 20.7 Å². The summed E-state index contributed by atoms with van der Waals surface area (Å²) in [6.07, 6.45) is 0.505. The smallest absolute Gasteiger partial charge is 0.177 e. The highest BCUT2D eigenvalue weighted by Gasteiger charge is 2.26. The Balaban J connectivity index is 2.39. The number of carbonyl (C=O) groups is 1. The number of piperazine rings is 1. The lowest BCUT2D eigenvalue weighted by Gasteiger charge is -2.29. The normalized spacial score (nSPS) is 15.7. The van der Waals surface area contributed by atoms with E-state index in [9.17, 15) is 4.79 Å². The van der Waals surface area contributed by atoms with Crippen LogP contribution in [-0.2, 0) is 0 Å². The first-order chi connectivity index (χ1) is 9.54. The molecule has 0 saturated carbocycles. The minimum absolute atomic E-state index is 0.0399. The zero-order chi connectivity index (χ0) is 14.7. The number of ketones is 1. The fourth-order valence-corrected chi connectivity index (χ4v) is 3.43. The van der Waals surface area contributed by atoms with Crippen LogP contribution in [-0.4, -0.2) is 38.1 Å². The van der Waals surface area contributed by atoms with Crippen LogP contribution in [0.15, 0.2) is 0 Å².